The molecule has 0 radical (unpaired) electrons. The molecule has 2 aromatic carbocycles. The van der Waals surface area contributed by atoms with E-state index in [9.17, 15) is 13.2 Å². The van der Waals surface area contributed by atoms with Crippen LogP contribution in [0.1, 0.15) is 16.8 Å². The quantitative estimate of drug-likeness (QED) is 0.555. The SMILES string of the molecule is COCc1cnn(-c2ccccc2CCNC(=O)C2=NS(=O)(=O)c3cc(C)ccc3N2)n1. The van der Waals surface area contributed by atoms with Gasteiger partial charge >= 0.3 is 0 Å². The number of hydrogen-bond donors (Lipinski definition) is 2. The summed E-state index contributed by atoms with van der Waals surface area (Å²) in [7, 11) is -2.36. The number of nitrogens with zero attached hydrogens (tertiary/aromatic N) is 4. The van der Waals surface area contributed by atoms with Crippen molar-refractivity contribution in [1.82, 2.24) is 20.3 Å². The summed E-state index contributed by atoms with van der Waals surface area (Å²) in [5, 5.41) is 14.2. The smallest absolute Gasteiger partial charge is 0.287 e. The van der Waals surface area contributed by atoms with E-state index in [1.165, 1.54) is 10.9 Å². The molecular weight excluding hydrogens is 432 g/mol. The maximum absolute atomic E-state index is 12.6. The van der Waals surface area contributed by atoms with Gasteiger partial charge in [-0.2, -0.15) is 23.4 Å². The number of aryl methyl sites for hydroxylation is 1. The van der Waals surface area contributed by atoms with Crippen LogP contribution in [-0.4, -0.2) is 48.8 Å². The second kappa shape index (κ2) is 8.89. The van der Waals surface area contributed by atoms with Crippen molar-refractivity contribution < 1.29 is 17.9 Å². The molecule has 1 aliphatic rings. The van der Waals surface area contributed by atoms with Crippen molar-refractivity contribution in [1.29, 1.82) is 0 Å². The van der Waals surface area contributed by atoms with E-state index in [0.717, 1.165) is 16.8 Å². The van der Waals surface area contributed by atoms with Crippen LogP contribution in [0.3, 0.4) is 0 Å². The average Bonchev–Trinajstić information content (AvgIpc) is 3.23. The zero-order chi connectivity index (χ0) is 22.7. The maximum atomic E-state index is 12.6. The molecule has 0 spiro atoms. The van der Waals surface area contributed by atoms with Crippen LogP contribution in [0.15, 0.2) is 58.0 Å². The molecule has 4 rings (SSSR count). The van der Waals surface area contributed by atoms with Gasteiger partial charge in [-0.05, 0) is 42.7 Å². The first kappa shape index (κ1) is 21.7. The Balaban J connectivity index is 1.44. The Labute approximate surface area is 185 Å². The lowest BCUT2D eigenvalue weighted by molar-refractivity contribution is -0.114. The first-order valence-electron chi connectivity index (χ1n) is 9.86. The number of para-hydroxylation sites is 1. The summed E-state index contributed by atoms with van der Waals surface area (Å²) < 4.78 is 33.6. The number of rotatable bonds is 7. The topological polar surface area (TPSA) is 128 Å². The highest BCUT2D eigenvalue weighted by atomic mass is 32.2. The summed E-state index contributed by atoms with van der Waals surface area (Å²) in [5.41, 5.74) is 3.52. The van der Waals surface area contributed by atoms with Gasteiger partial charge in [0.05, 0.1) is 24.2 Å². The predicted octanol–water partition coefficient (Wildman–Crippen LogP) is 1.59. The summed E-state index contributed by atoms with van der Waals surface area (Å²) in [6, 6.07) is 12.5. The third-order valence-corrected chi connectivity index (χ3v) is 6.13. The van der Waals surface area contributed by atoms with Crippen LogP contribution >= 0.6 is 0 Å². The lowest BCUT2D eigenvalue weighted by Gasteiger charge is -2.18. The van der Waals surface area contributed by atoms with Crippen LogP contribution in [0.4, 0.5) is 5.69 Å². The minimum absolute atomic E-state index is 0.0579. The molecule has 11 heteroatoms. The largest absolute Gasteiger partial charge is 0.378 e. The Morgan fingerprint density at radius 2 is 2.03 bits per heavy atom. The van der Waals surface area contributed by atoms with E-state index >= 15 is 0 Å². The number of nitrogens with one attached hydrogen (secondary N) is 2. The molecule has 1 amide bonds. The Morgan fingerprint density at radius 1 is 1.22 bits per heavy atom. The predicted molar refractivity (Wildman–Crippen MR) is 118 cm³/mol. The Bertz CT molecular complexity index is 1300. The molecule has 32 heavy (non-hydrogen) atoms. The molecule has 0 fully saturated rings. The number of sulfonamides is 1. The van der Waals surface area contributed by atoms with E-state index in [4.69, 9.17) is 4.74 Å². The van der Waals surface area contributed by atoms with Crippen molar-refractivity contribution >= 4 is 27.5 Å². The standard InChI is InChI=1S/C21H22N6O4S/c1-14-7-8-17-19(11-14)32(29,30)26-20(24-17)21(28)22-10-9-15-5-3-4-6-18(15)27-23-12-16(25-27)13-31-2/h3-8,11-12H,9-10,13H2,1-2H3,(H,22,28)(H,24,26). The normalized spacial score (nSPS) is 14.2. The highest BCUT2D eigenvalue weighted by Crippen LogP contribution is 2.28. The number of amidine groups is 1. The summed E-state index contributed by atoms with van der Waals surface area (Å²) >= 11 is 0. The molecule has 10 nitrogen and oxygen atoms in total. The van der Waals surface area contributed by atoms with Gasteiger partial charge in [-0.3, -0.25) is 4.79 Å². The van der Waals surface area contributed by atoms with Crippen LogP contribution in [0, 0.1) is 6.92 Å². The van der Waals surface area contributed by atoms with Gasteiger partial charge in [0.15, 0.2) is 0 Å². The monoisotopic (exact) mass is 454 g/mol. The maximum Gasteiger partial charge on any atom is 0.287 e. The van der Waals surface area contributed by atoms with Crippen molar-refractivity contribution in [3.63, 3.8) is 0 Å². The van der Waals surface area contributed by atoms with Crippen molar-refractivity contribution in [2.75, 3.05) is 19.0 Å². The van der Waals surface area contributed by atoms with Crippen molar-refractivity contribution in [2.45, 2.75) is 24.8 Å². The third-order valence-electron chi connectivity index (χ3n) is 4.81. The number of anilines is 1. The highest BCUT2D eigenvalue weighted by Gasteiger charge is 2.28. The van der Waals surface area contributed by atoms with Gasteiger partial charge in [-0.15, -0.1) is 4.40 Å². The van der Waals surface area contributed by atoms with E-state index < -0.39 is 15.9 Å². The lowest BCUT2D eigenvalue weighted by Crippen LogP contribution is -2.39. The fourth-order valence-corrected chi connectivity index (χ4v) is 4.50. The van der Waals surface area contributed by atoms with Gasteiger partial charge in [0, 0.05) is 13.7 Å². The lowest BCUT2D eigenvalue weighted by atomic mass is 10.1. The molecule has 0 unspecified atom stereocenters. The van der Waals surface area contributed by atoms with E-state index in [1.807, 2.05) is 24.3 Å². The van der Waals surface area contributed by atoms with E-state index in [2.05, 4.69) is 25.2 Å². The molecule has 1 aliphatic heterocycles. The first-order valence-corrected chi connectivity index (χ1v) is 11.3. The van der Waals surface area contributed by atoms with Gasteiger partial charge in [-0.1, -0.05) is 24.3 Å². The van der Waals surface area contributed by atoms with Gasteiger partial charge in [-0.25, -0.2) is 0 Å². The van der Waals surface area contributed by atoms with Gasteiger partial charge < -0.3 is 15.4 Å². The van der Waals surface area contributed by atoms with Gasteiger partial charge in [0.25, 0.3) is 15.9 Å². The number of carbonyl (C=O) groups is 1. The molecule has 0 bridgehead atoms. The number of carbonyl (C=O) groups excluding carboxylic acids is 1. The van der Waals surface area contributed by atoms with Crippen LogP contribution in [0.5, 0.6) is 0 Å². The van der Waals surface area contributed by atoms with Crippen LogP contribution in [0.2, 0.25) is 0 Å². The molecule has 0 atom stereocenters. The number of aromatic nitrogens is 3. The number of amides is 1. The van der Waals surface area contributed by atoms with Crippen LogP contribution in [-0.2, 0) is 32.6 Å². The highest BCUT2D eigenvalue weighted by molar-refractivity contribution is 7.90. The van der Waals surface area contributed by atoms with Crippen molar-refractivity contribution in [3.05, 3.63) is 65.5 Å². The molecule has 3 aromatic rings. The minimum Gasteiger partial charge on any atom is -0.378 e. The summed E-state index contributed by atoms with van der Waals surface area (Å²) in [6.45, 7) is 2.42. The molecular formula is C21H22N6O4S. The number of hydrogen-bond acceptors (Lipinski definition) is 7. The third kappa shape index (κ3) is 4.53. The summed E-state index contributed by atoms with van der Waals surface area (Å²) in [4.78, 5) is 14.1. The molecule has 0 saturated heterocycles. The second-order valence-corrected chi connectivity index (χ2v) is 8.81. The molecule has 0 saturated carbocycles. The Kier molecular flexibility index (Phi) is 6.01. The molecule has 2 heterocycles. The van der Waals surface area contributed by atoms with E-state index in [-0.39, 0.29) is 17.3 Å². The van der Waals surface area contributed by atoms with Crippen LogP contribution in [0.25, 0.3) is 5.69 Å². The molecule has 0 aliphatic carbocycles. The number of ether oxygens (including phenoxy) is 1. The average molecular weight is 455 g/mol. The molecule has 2 N–H and O–H groups in total. The summed E-state index contributed by atoms with van der Waals surface area (Å²) in [5.74, 6) is -0.857. The summed E-state index contributed by atoms with van der Waals surface area (Å²) in [6.07, 6.45) is 2.12. The van der Waals surface area contributed by atoms with E-state index in [1.54, 1.807) is 32.4 Å². The Hall–Kier alpha value is -3.57. The minimum atomic E-state index is -3.95. The Morgan fingerprint density at radius 3 is 2.84 bits per heavy atom. The van der Waals surface area contributed by atoms with E-state index in [0.29, 0.717) is 24.4 Å². The zero-order valence-corrected chi connectivity index (χ0v) is 18.4. The fourth-order valence-electron chi connectivity index (χ4n) is 3.30. The second-order valence-electron chi connectivity index (χ2n) is 7.23. The fraction of sp³-hybridized carbons (Fsp3) is 0.238. The molecule has 1 aromatic heterocycles. The number of methoxy groups -OCH3 is 1. The zero-order valence-electron chi connectivity index (χ0n) is 17.6. The van der Waals surface area contributed by atoms with Crippen molar-refractivity contribution in [3.8, 4) is 5.69 Å². The first-order chi connectivity index (χ1) is 15.4. The van der Waals surface area contributed by atoms with Gasteiger partial charge in [0.2, 0.25) is 5.84 Å². The van der Waals surface area contributed by atoms with Crippen LogP contribution < -0.4 is 10.6 Å². The number of fused-ring (bicyclic) bond motifs is 1. The van der Waals surface area contributed by atoms with Gasteiger partial charge in [0.1, 0.15) is 10.6 Å². The number of benzene rings is 2. The molecule has 166 valence electrons. The van der Waals surface area contributed by atoms with Crippen molar-refractivity contribution in [2.24, 2.45) is 4.40 Å².